The minimum atomic E-state index is -0.0580. The number of carbonyl (C=O) groups excluding carboxylic acids is 2. The van der Waals surface area contributed by atoms with Crippen LogP contribution in [0.2, 0.25) is 0 Å². The lowest BCUT2D eigenvalue weighted by atomic mass is 10.0. The molecule has 122 valence electrons. The first-order valence-corrected chi connectivity index (χ1v) is 7.56. The summed E-state index contributed by atoms with van der Waals surface area (Å²) in [6.07, 6.45) is 3.53. The standard InChI is InChI=1S/C16H23N3O2.ClH/c1-2-15(20)18-13-7-5-6-12(10-13)16(21)19-9-4-3-8-14(19)11-17;/h5-7,10,14H,2-4,8-9,11,17H2,1H3,(H,18,20);1H. The average Bonchev–Trinajstić information content (AvgIpc) is 2.54. The second kappa shape index (κ2) is 8.76. The van der Waals surface area contributed by atoms with E-state index < -0.39 is 0 Å². The van der Waals surface area contributed by atoms with Crippen LogP contribution < -0.4 is 11.1 Å². The number of nitrogens with one attached hydrogen (secondary N) is 1. The fraction of sp³-hybridized carbons (Fsp3) is 0.500. The van der Waals surface area contributed by atoms with Crippen LogP contribution in [0.4, 0.5) is 5.69 Å². The summed E-state index contributed by atoms with van der Waals surface area (Å²) in [5.41, 5.74) is 7.03. The molecule has 3 N–H and O–H groups in total. The Hall–Kier alpha value is -1.59. The minimum absolute atomic E-state index is 0. The van der Waals surface area contributed by atoms with E-state index in [4.69, 9.17) is 5.73 Å². The molecule has 0 saturated carbocycles. The van der Waals surface area contributed by atoms with Gasteiger partial charge in [0.25, 0.3) is 5.91 Å². The van der Waals surface area contributed by atoms with Gasteiger partial charge in [-0.15, -0.1) is 12.4 Å². The first-order chi connectivity index (χ1) is 10.2. The maximum Gasteiger partial charge on any atom is 0.254 e. The van der Waals surface area contributed by atoms with E-state index in [-0.39, 0.29) is 30.3 Å². The first kappa shape index (κ1) is 18.5. The number of halogens is 1. The van der Waals surface area contributed by atoms with Gasteiger partial charge >= 0.3 is 0 Å². The van der Waals surface area contributed by atoms with Gasteiger partial charge in [0.2, 0.25) is 5.91 Å². The van der Waals surface area contributed by atoms with Crippen molar-refractivity contribution < 1.29 is 9.59 Å². The molecule has 1 aliphatic heterocycles. The van der Waals surface area contributed by atoms with E-state index in [1.54, 1.807) is 31.2 Å². The molecular formula is C16H24ClN3O2. The molecule has 1 aromatic rings. The van der Waals surface area contributed by atoms with Crippen molar-refractivity contribution in [3.8, 4) is 0 Å². The third kappa shape index (κ3) is 4.45. The zero-order chi connectivity index (χ0) is 15.2. The molecule has 2 amide bonds. The summed E-state index contributed by atoms with van der Waals surface area (Å²) >= 11 is 0. The van der Waals surface area contributed by atoms with Gasteiger partial charge in [0.15, 0.2) is 0 Å². The predicted octanol–water partition coefficient (Wildman–Crippen LogP) is 2.41. The highest BCUT2D eigenvalue weighted by Gasteiger charge is 2.26. The van der Waals surface area contributed by atoms with Crippen LogP contribution in [0.5, 0.6) is 0 Å². The number of likely N-dealkylation sites (tertiary alicyclic amines) is 1. The lowest BCUT2D eigenvalue weighted by Crippen LogP contribution is -2.47. The number of hydrogen-bond donors (Lipinski definition) is 2. The first-order valence-electron chi connectivity index (χ1n) is 7.56. The molecule has 1 heterocycles. The van der Waals surface area contributed by atoms with Gasteiger partial charge in [-0.1, -0.05) is 13.0 Å². The van der Waals surface area contributed by atoms with Crippen LogP contribution in [0.3, 0.4) is 0 Å². The van der Waals surface area contributed by atoms with Gasteiger partial charge in [-0.2, -0.15) is 0 Å². The quantitative estimate of drug-likeness (QED) is 0.892. The maximum absolute atomic E-state index is 12.6. The fourth-order valence-electron chi connectivity index (χ4n) is 2.66. The van der Waals surface area contributed by atoms with Crippen LogP contribution in [0, 0.1) is 0 Å². The normalized spacial score (nSPS) is 17.5. The highest BCUT2D eigenvalue weighted by Crippen LogP contribution is 2.20. The largest absolute Gasteiger partial charge is 0.334 e. The second-order valence-corrected chi connectivity index (χ2v) is 5.37. The number of piperidine rings is 1. The van der Waals surface area contributed by atoms with Crippen molar-refractivity contribution in [2.45, 2.75) is 38.6 Å². The Labute approximate surface area is 137 Å². The summed E-state index contributed by atoms with van der Waals surface area (Å²) in [6.45, 7) is 3.05. The highest BCUT2D eigenvalue weighted by atomic mass is 35.5. The molecule has 5 nitrogen and oxygen atoms in total. The molecule has 6 heteroatoms. The highest BCUT2D eigenvalue weighted by molar-refractivity contribution is 5.97. The number of carbonyl (C=O) groups is 2. The molecule has 0 aromatic heterocycles. The maximum atomic E-state index is 12.6. The van der Waals surface area contributed by atoms with Crippen molar-refractivity contribution in [2.24, 2.45) is 5.73 Å². The van der Waals surface area contributed by atoms with Crippen LogP contribution in [0.25, 0.3) is 0 Å². The Morgan fingerprint density at radius 3 is 2.82 bits per heavy atom. The van der Waals surface area contributed by atoms with E-state index in [0.717, 1.165) is 25.8 Å². The number of benzene rings is 1. The van der Waals surface area contributed by atoms with Gasteiger partial charge in [-0.05, 0) is 37.5 Å². The third-order valence-electron chi connectivity index (χ3n) is 3.87. The molecule has 1 unspecified atom stereocenters. The van der Waals surface area contributed by atoms with E-state index in [1.807, 2.05) is 4.90 Å². The van der Waals surface area contributed by atoms with Crippen molar-refractivity contribution in [3.63, 3.8) is 0 Å². The van der Waals surface area contributed by atoms with Gasteiger partial charge in [-0.25, -0.2) is 0 Å². The Kier molecular flexibility index (Phi) is 7.35. The number of nitrogens with two attached hydrogens (primary N) is 1. The summed E-state index contributed by atoms with van der Waals surface area (Å²) in [4.78, 5) is 25.9. The molecule has 1 fully saturated rings. The summed E-state index contributed by atoms with van der Waals surface area (Å²) in [6, 6.07) is 7.23. The van der Waals surface area contributed by atoms with E-state index in [2.05, 4.69) is 5.32 Å². The topological polar surface area (TPSA) is 75.4 Å². The second-order valence-electron chi connectivity index (χ2n) is 5.37. The van der Waals surface area contributed by atoms with E-state index >= 15 is 0 Å². The van der Waals surface area contributed by atoms with Crippen LogP contribution in [0.15, 0.2) is 24.3 Å². The van der Waals surface area contributed by atoms with E-state index in [1.165, 1.54) is 0 Å². The Morgan fingerprint density at radius 2 is 2.14 bits per heavy atom. The van der Waals surface area contributed by atoms with Crippen LogP contribution in [-0.2, 0) is 4.79 Å². The van der Waals surface area contributed by atoms with Crippen molar-refractivity contribution >= 4 is 29.9 Å². The van der Waals surface area contributed by atoms with Crippen LogP contribution in [0.1, 0.15) is 43.0 Å². The van der Waals surface area contributed by atoms with Crippen molar-refractivity contribution in [3.05, 3.63) is 29.8 Å². The van der Waals surface area contributed by atoms with Gasteiger partial charge in [-0.3, -0.25) is 9.59 Å². The van der Waals surface area contributed by atoms with Crippen molar-refractivity contribution in [1.82, 2.24) is 4.90 Å². The zero-order valence-corrected chi connectivity index (χ0v) is 13.7. The SMILES string of the molecule is CCC(=O)Nc1cccc(C(=O)N2CCCCC2CN)c1.Cl. The van der Waals surface area contributed by atoms with Crippen LogP contribution >= 0.6 is 12.4 Å². The Bertz CT molecular complexity index is 522. The number of nitrogens with zero attached hydrogens (tertiary/aromatic N) is 1. The van der Waals surface area contributed by atoms with Gasteiger partial charge in [0.05, 0.1) is 0 Å². The van der Waals surface area contributed by atoms with E-state index in [0.29, 0.717) is 24.2 Å². The summed E-state index contributed by atoms with van der Waals surface area (Å²) < 4.78 is 0. The molecule has 0 bridgehead atoms. The lowest BCUT2D eigenvalue weighted by Gasteiger charge is -2.35. The lowest BCUT2D eigenvalue weighted by molar-refractivity contribution is -0.115. The molecule has 1 aromatic carbocycles. The van der Waals surface area contributed by atoms with Gasteiger partial charge < -0.3 is 16.0 Å². The number of hydrogen-bond acceptors (Lipinski definition) is 3. The smallest absolute Gasteiger partial charge is 0.254 e. The zero-order valence-electron chi connectivity index (χ0n) is 12.9. The van der Waals surface area contributed by atoms with Gasteiger partial charge in [0, 0.05) is 36.8 Å². The molecule has 1 aliphatic rings. The molecule has 0 radical (unpaired) electrons. The molecule has 0 aliphatic carbocycles. The summed E-state index contributed by atoms with van der Waals surface area (Å²) in [5.74, 6) is -0.0600. The van der Waals surface area contributed by atoms with Gasteiger partial charge in [0.1, 0.15) is 0 Å². The molecule has 1 saturated heterocycles. The van der Waals surface area contributed by atoms with Crippen LogP contribution in [-0.4, -0.2) is 35.8 Å². The molecule has 1 atom stereocenters. The summed E-state index contributed by atoms with van der Waals surface area (Å²) in [7, 11) is 0. The molecule has 2 rings (SSSR count). The van der Waals surface area contributed by atoms with E-state index in [9.17, 15) is 9.59 Å². The predicted molar refractivity (Wildman–Crippen MR) is 90.3 cm³/mol. The molecule has 22 heavy (non-hydrogen) atoms. The number of rotatable bonds is 4. The number of anilines is 1. The molecular weight excluding hydrogens is 302 g/mol. The monoisotopic (exact) mass is 325 g/mol. The summed E-state index contributed by atoms with van der Waals surface area (Å²) in [5, 5.41) is 2.78. The minimum Gasteiger partial charge on any atom is -0.334 e. The van der Waals surface area contributed by atoms with Crippen molar-refractivity contribution in [1.29, 1.82) is 0 Å². The Morgan fingerprint density at radius 1 is 1.36 bits per heavy atom. The van der Waals surface area contributed by atoms with Crippen molar-refractivity contribution in [2.75, 3.05) is 18.4 Å². The molecule has 0 spiro atoms. The Balaban J connectivity index is 0.00000242. The average molecular weight is 326 g/mol. The fourth-order valence-corrected chi connectivity index (χ4v) is 2.66. The third-order valence-corrected chi connectivity index (χ3v) is 3.87. The number of amides is 2.